The highest BCUT2D eigenvalue weighted by Crippen LogP contribution is 2.38. The first-order valence-electron chi connectivity index (χ1n) is 10.6. The molecule has 4 aromatic rings. The van der Waals surface area contributed by atoms with Gasteiger partial charge in [0.1, 0.15) is 17.6 Å². The van der Waals surface area contributed by atoms with Gasteiger partial charge in [-0.25, -0.2) is 9.37 Å². The molecule has 0 aliphatic heterocycles. The lowest BCUT2D eigenvalue weighted by molar-refractivity contribution is 0.0784. The van der Waals surface area contributed by atoms with Crippen LogP contribution in [0.3, 0.4) is 0 Å². The van der Waals surface area contributed by atoms with E-state index in [0.717, 1.165) is 12.8 Å². The molecule has 2 aromatic heterocycles. The maximum atomic E-state index is 15.3. The van der Waals surface area contributed by atoms with E-state index in [9.17, 15) is 10.1 Å². The number of H-pyrrole nitrogens is 1. The van der Waals surface area contributed by atoms with Gasteiger partial charge in [-0.3, -0.25) is 9.89 Å². The number of pyridine rings is 1. The van der Waals surface area contributed by atoms with Gasteiger partial charge >= 0.3 is 0 Å². The monoisotopic (exact) mass is 441 g/mol. The molecule has 1 saturated carbocycles. The number of carbonyl (C=O) groups is 1. The van der Waals surface area contributed by atoms with Crippen molar-refractivity contribution < 1.29 is 13.9 Å². The van der Waals surface area contributed by atoms with Gasteiger partial charge in [-0.1, -0.05) is 30.3 Å². The van der Waals surface area contributed by atoms with Crippen LogP contribution < -0.4 is 4.74 Å². The Labute approximate surface area is 189 Å². The van der Waals surface area contributed by atoms with E-state index >= 15 is 4.39 Å². The van der Waals surface area contributed by atoms with Gasteiger partial charge in [0.15, 0.2) is 5.69 Å². The van der Waals surface area contributed by atoms with Crippen molar-refractivity contribution in [1.82, 2.24) is 20.1 Å². The van der Waals surface area contributed by atoms with Gasteiger partial charge in [0, 0.05) is 30.9 Å². The van der Waals surface area contributed by atoms with E-state index in [1.54, 1.807) is 19.3 Å². The van der Waals surface area contributed by atoms with Gasteiger partial charge < -0.3 is 9.64 Å². The van der Waals surface area contributed by atoms with Crippen LogP contribution in [0.2, 0.25) is 0 Å². The third kappa shape index (κ3) is 4.01. The predicted octanol–water partition coefficient (Wildman–Crippen LogP) is 4.45. The van der Waals surface area contributed by atoms with Gasteiger partial charge in [-0.15, -0.1) is 0 Å². The lowest BCUT2D eigenvalue weighted by atomic mass is 10.0. The Bertz CT molecular complexity index is 1390. The molecular weight excluding hydrogens is 421 g/mol. The summed E-state index contributed by atoms with van der Waals surface area (Å²) in [7, 11) is 1.63. The summed E-state index contributed by atoms with van der Waals surface area (Å²) in [6.45, 7) is 0.205. The third-order valence-corrected chi connectivity index (χ3v) is 5.61. The van der Waals surface area contributed by atoms with Gasteiger partial charge in [0.2, 0.25) is 0 Å². The number of hydrogen-bond acceptors (Lipinski definition) is 5. The predicted molar refractivity (Wildman–Crippen MR) is 120 cm³/mol. The molecule has 0 unspecified atom stereocenters. The number of aromatic nitrogens is 3. The van der Waals surface area contributed by atoms with Crippen molar-refractivity contribution in [3.8, 4) is 22.9 Å². The first-order valence-corrected chi connectivity index (χ1v) is 10.6. The van der Waals surface area contributed by atoms with Gasteiger partial charge in [-0.2, -0.15) is 10.4 Å². The number of halogens is 1. The molecule has 0 spiro atoms. The van der Waals surface area contributed by atoms with Crippen LogP contribution in [0.25, 0.3) is 22.0 Å². The SMILES string of the molecule is CN(Cc1cnc(C#N)c2cn[nH]c12)C(=O)c1cc(F)c(-c2ccccc2)c(OC2CC2)c1. The van der Waals surface area contributed by atoms with Crippen molar-refractivity contribution in [1.29, 1.82) is 5.26 Å². The largest absolute Gasteiger partial charge is 0.490 e. The van der Waals surface area contributed by atoms with Gasteiger partial charge in [0.05, 0.1) is 28.8 Å². The number of carbonyl (C=O) groups excluding carboxylic acids is 1. The molecule has 1 fully saturated rings. The number of amides is 1. The van der Waals surface area contributed by atoms with E-state index in [0.29, 0.717) is 33.3 Å². The second kappa shape index (κ2) is 8.36. The van der Waals surface area contributed by atoms with E-state index in [2.05, 4.69) is 15.2 Å². The van der Waals surface area contributed by atoms with Crippen molar-refractivity contribution in [3.05, 3.63) is 77.5 Å². The van der Waals surface area contributed by atoms with Gasteiger partial charge in [-0.05, 0) is 30.5 Å². The molecule has 1 N–H and O–H groups in total. The number of rotatable bonds is 6. The Morgan fingerprint density at radius 1 is 1.27 bits per heavy atom. The number of nitrogens with zero attached hydrogens (tertiary/aromatic N) is 4. The quantitative estimate of drug-likeness (QED) is 0.477. The highest BCUT2D eigenvalue weighted by molar-refractivity contribution is 5.96. The number of nitriles is 1. The summed E-state index contributed by atoms with van der Waals surface area (Å²) in [6, 6.07) is 14.1. The van der Waals surface area contributed by atoms with Crippen molar-refractivity contribution in [2.75, 3.05) is 7.05 Å². The average molecular weight is 441 g/mol. The first-order chi connectivity index (χ1) is 16.0. The number of nitrogens with one attached hydrogen (secondary N) is 1. The van der Waals surface area contributed by atoms with Crippen molar-refractivity contribution >= 4 is 16.8 Å². The molecule has 1 aliphatic rings. The molecule has 0 saturated heterocycles. The second-order valence-corrected chi connectivity index (χ2v) is 8.08. The summed E-state index contributed by atoms with van der Waals surface area (Å²) in [4.78, 5) is 18.8. The summed E-state index contributed by atoms with van der Waals surface area (Å²) >= 11 is 0. The molecule has 8 heteroatoms. The third-order valence-electron chi connectivity index (χ3n) is 5.61. The topological polar surface area (TPSA) is 94.9 Å². The highest BCUT2D eigenvalue weighted by atomic mass is 19.1. The number of fused-ring (bicyclic) bond motifs is 1. The van der Waals surface area contributed by atoms with Crippen LogP contribution >= 0.6 is 0 Å². The first kappa shape index (κ1) is 20.6. The number of hydrogen-bond donors (Lipinski definition) is 1. The fourth-order valence-electron chi connectivity index (χ4n) is 3.79. The van der Waals surface area contributed by atoms with Crippen LogP contribution in [0.4, 0.5) is 4.39 Å². The zero-order valence-corrected chi connectivity index (χ0v) is 17.9. The maximum absolute atomic E-state index is 15.3. The molecule has 5 rings (SSSR count). The van der Waals surface area contributed by atoms with Crippen LogP contribution in [-0.2, 0) is 6.54 Å². The van der Waals surface area contributed by atoms with E-state index < -0.39 is 5.82 Å². The molecule has 0 radical (unpaired) electrons. The number of ether oxygens (including phenoxy) is 1. The normalized spacial score (nSPS) is 13.0. The van der Waals surface area contributed by atoms with Gasteiger partial charge in [0.25, 0.3) is 5.91 Å². The minimum Gasteiger partial charge on any atom is -0.490 e. The van der Waals surface area contributed by atoms with Crippen LogP contribution in [0.5, 0.6) is 5.75 Å². The molecule has 2 heterocycles. The zero-order valence-electron chi connectivity index (χ0n) is 17.9. The summed E-state index contributed by atoms with van der Waals surface area (Å²) in [5.41, 5.74) is 2.86. The molecular formula is C25H20FN5O2. The van der Waals surface area contributed by atoms with Crippen LogP contribution in [0, 0.1) is 17.1 Å². The molecule has 7 nitrogen and oxygen atoms in total. The summed E-state index contributed by atoms with van der Waals surface area (Å²) in [5, 5.41) is 16.7. The Hall–Kier alpha value is -4.25. The summed E-state index contributed by atoms with van der Waals surface area (Å²) in [6.07, 6.45) is 4.96. The average Bonchev–Trinajstić information content (AvgIpc) is 3.50. The van der Waals surface area contributed by atoms with Crippen LogP contribution in [0.1, 0.15) is 34.5 Å². The highest BCUT2D eigenvalue weighted by Gasteiger charge is 2.27. The molecule has 1 amide bonds. The molecule has 0 atom stereocenters. The Morgan fingerprint density at radius 2 is 2.06 bits per heavy atom. The zero-order chi connectivity index (χ0) is 22.9. The molecule has 0 bridgehead atoms. The van der Waals surface area contributed by atoms with Crippen LogP contribution in [-0.4, -0.2) is 39.1 Å². The Kier molecular flexibility index (Phi) is 5.23. The van der Waals surface area contributed by atoms with Crippen molar-refractivity contribution in [2.24, 2.45) is 0 Å². The minimum absolute atomic E-state index is 0.0494. The van der Waals surface area contributed by atoms with Crippen LogP contribution in [0.15, 0.2) is 54.9 Å². The smallest absolute Gasteiger partial charge is 0.254 e. The Balaban J connectivity index is 1.46. The van der Waals surface area contributed by atoms with E-state index in [-0.39, 0.29) is 29.8 Å². The second-order valence-electron chi connectivity index (χ2n) is 8.08. The molecule has 2 aromatic carbocycles. The fourth-order valence-corrected chi connectivity index (χ4v) is 3.79. The van der Waals surface area contributed by atoms with Crippen molar-refractivity contribution in [2.45, 2.75) is 25.5 Å². The number of benzene rings is 2. The molecule has 164 valence electrons. The van der Waals surface area contributed by atoms with E-state index in [4.69, 9.17) is 4.74 Å². The Morgan fingerprint density at radius 3 is 2.79 bits per heavy atom. The standard InChI is InChI=1S/C25H20FN5O2/c1-31(14-17-12-28-21(11-27)19-13-29-30-24(17)19)25(32)16-9-20(26)23(15-5-3-2-4-6-15)22(10-16)33-18-7-8-18/h2-6,9-10,12-13,18H,7-8,14H2,1H3,(H,29,30). The van der Waals surface area contributed by atoms with E-state index in [1.807, 2.05) is 36.4 Å². The lowest BCUT2D eigenvalue weighted by Crippen LogP contribution is -2.26. The molecule has 33 heavy (non-hydrogen) atoms. The lowest BCUT2D eigenvalue weighted by Gasteiger charge is -2.20. The van der Waals surface area contributed by atoms with E-state index in [1.165, 1.54) is 17.2 Å². The summed E-state index contributed by atoms with van der Waals surface area (Å²) < 4.78 is 21.3. The molecule has 1 aliphatic carbocycles. The fraction of sp³-hybridized carbons (Fsp3) is 0.200. The number of aromatic amines is 1. The maximum Gasteiger partial charge on any atom is 0.254 e. The summed E-state index contributed by atoms with van der Waals surface area (Å²) in [5.74, 6) is -0.491. The minimum atomic E-state index is -0.507. The van der Waals surface area contributed by atoms with Crippen molar-refractivity contribution in [3.63, 3.8) is 0 Å².